The number of hydrogen-bond acceptors (Lipinski definition) is 2. The van der Waals surface area contributed by atoms with Gasteiger partial charge in [0.1, 0.15) is 0 Å². The molecule has 68 valence electrons. The average Bonchev–Trinajstić information content (AvgIpc) is 2.03. The van der Waals surface area contributed by atoms with E-state index in [1.54, 1.807) is 0 Å². The summed E-state index contributed by atoms with van der Waals surface area (Å²) < 4.78 is 0. The quantitative estimate of drug-likeness (QED) is 0.612. The van der Waals surface area contributed by atoms with E-state index < -0.39 is 11.8 Å². The Morgan fingerprint density at radius 2 is 1.85 bits per heavy atom. The molecule has 4 heteroatoms. The predicted molar refractivity (Wildman–Crippen MR) is 48.3 cm³/mol. The van der Waals surface area contributed by atoms with Gasteiger partial charge in [0.2, 0.25) is 11.8 Å². The van der Waals surface area contributed by atoms with Crippen molar-refractivity contribution in [3.8, 4) is 0 Å². The number of carbonyl (C=O) groups is 2. The minimum absolute atomic E-state index is 0.296. The SMILES string of the molecule is C=C1CC(C(N)=O)=CC=C1C(N)=O. The molecule has 0 heterocycles. The third-order valence-electron chi connectivity index (χ3n) is 1.82. The minimum Gasteiger partial charge on any atom is -0.366 e. The molecule has 0 aromatic rings. The van der Waals surface area contributed by atoms with Crippen molar-refractivity contribution in [1.29, 1.82) is 0 Å². The summed E-state index contributed by atoms with van der Waals surface area (Å²) in [4.78, 5) is 21.5. The van der Waals surface area contributed by atoms with E-state index in [9.17, 15) is 9.59 Å². The van der Waals surface area contributed by atoms with Gasteiger partial charge < -0.3 is 11.5 Å². The summed E-state index contributed by atoms with van der Waals surface area (Å²) in [5.74, 6) is -1.04. The minimum atomic E-state index is -0.537. The molecular weight excluding hydrogens is 168 g/mol. The number of hydrogen-bond donors (Lipinski definition) is 2. The van der Waals surface area contributed by atoms with Crippen molar-refractivity contribution in [2.45, 2.75) is 6.42 Å². The molecule has 0 radical (unpaired) electrons. The molecule has 0 bridgehead atoms. The summed E-state index contributed by atoms with van der Waals surface area (Å²) in [5, 5.41) is 0. The Kier molecular flexibility index (Phi) is 2.32. The van der Waals surface area contributed by atoms with Crippen molar-refractivity contribution >= 4 is 11.8 Å². The van der Waals surface area contributed by atoms with E-state index in [1.807, 2.05) is 0 Å². The number of carbonyl (C=O) groups excluding carboxylic acids is 2. The van der Waals surface area contributed by atoms with Crippen LogP contribution in [0, 0.1) is 0 Å². The number of primary amides is 2. The average molecular weight is 178 g/mol. The van der Waals surface area contributed by atoms with Gasteiger partial charge in [0.05, 0.1) is 0 Å². The fourth-order valence-electron chi connectivity index (χ4n) is 1.11. The van der Waals surface area contributed by atoms with Gasteiger partial charge in [-0.3, -0.25) is 9.59 Å². The number of nitrogens with two attached hydrogens (primary N) is 2. The summed E-state index contributed by atoms with van der Waals surface area (Å²) in [7, 11) is 0. The summed E-state index contributed by atoms with van der Waals surface area (Å²) in [6.45, 7) is 3.63. The Balaban J connectivity index is 3.00. The lowest BCUT2D eigenvalue weighted by Gasteiger charge is -2.12. The molecule has 4 nitrogen and oxygen atoms in total. The second-order valence-electron chi connectivity index (χ2n) is 2.78. The zero-order chi connectivity index (χ0) is 10.0. The van der Waals surface area contributed by atoms with Gasteiger partial charge in [0, 0.05) is 17.6 Å². The highest BCUT2D eigenvalue weighted by Gasteiger charge is 2.16. The molecule has 0 aromatic heterocycles. The van der Waals surface area contributed by atoms with Crippen molar-refractivity contribution in [2.24, 2.45) is 11.5 Å². The van der Waals surface area contributed by atoms with Gasteiger partial charge in [0.15, 0.2) is 0 Å². The Morgan fingerprint density at radius 3 is 2.23 bits per heavy atom. The predicted octanol–water partition coefficient (Wildman–Crippen LogP) is -0.230. The van der Waals surface area contributed by atoms with E-state index in [0.29, 0.717) is 23.1 Å². The molecule has 0 aliphatic heterocycles. The van der Waals surface area contributed by atoms with Gasteiger partial charge in [-0.25, -0.2) is 0 Å². The first-order chi connectivity index (χ1) is 6.02. The van der Waals surface area contributed by atoms with Gasteiger partial charge in [-0.2, -0.15) is 0 Å². The van der Waals surface area contributed by atoms with E-state index in [-0.39, 0.29) is 0 Å². The fraction of sp³-hybridized carbons (Fsp3) is 0.111. The number of allylic oxidation sites excluding steroid dienone is 2. The smallest absolute Gasteiger partial charge is 0.248 e. The first-order valence-corrected chi connectivity index (χ1v) is 3.71. The van der Waals surface area contributed by atoms with Crippen LogP contribution in [0.25, 0.3) is 0 Å². The van der Waals surface area contributed by atoms with Crippen molar-refractivity contribution in [2.75, 3.05) is 0 Å². The standard InChI is InChI=1S/C9H10N2O2/c1-5-4-6(8(10)12)2-3-7(5)9(11)13/h2-3H,1,4H2,(H2,10,12)(H2,11,13). The molecule has 0 saturated heterocycles. The zero-order valence-electron chi connectivity index (χ0n) is 7.04. The molecule has 2 amide bonds. The van der Waals surface area contributed by atoms with E-state index in [0.717, 1.165) is 0 Å². The molecule has 13 heavy (non-hydrogen) atoms. The Morgan fingerprint density at radius 1 is 1.23 bits per heavy atom. The van der Waals surface area contributed by atoms with Gasteiger partial charge in [-0.1, -0.05) is 12.7 Å². The van der Waals surface area contributed by atoms with Gasteiger partial charge >= 0.3 is 0 Å². The first kappa shape index (κ1) is 9.25. The maximum atomic E-state index is 10.8. The van der Waals surface area contributed by atoms with Crippen molar-refractivity contribution in [3.63, 3.8) is 0 Å². The van der Waals surface area contributed by atoms with Gasteiger partial charge in [-0.15, -0.1) is 0 Å². The van der Waals surface area contributed by atoms with E-state index in [1.165, 1.54) is 12.2 Å². The third-order valence-corrected chi connectivity index (χ3v) is 1.82. The molecule has 0 spiro atoms. The number of rotatable bonds is 2. The summed E-state index contributed by atoms with van der Waals surface area (Å²) in [5.41, 5.74) is 11.4. The van der Waals surface area contributed by atoms with Crippen LogP contribution in [-0.4, -0.2) is 11.8 Å². The lowest BCUT2D eigenvalue weighted by atomic mass is 9.93. The van der Waals surface area contributed by atoms with Gasteiger partial charge in [0.25, 0.3) is 0 Å². The van der Waals surface area contributed by atoms with Crippen molar-refractivity contribution in [3.05, 3.63) is 35.5 Å². The molecule has 0 unspecified atom stereocenters. The largest absolute Gasteiger partial charge is 0.366 e. The Bertz CT molecular complexity index is 351. The topological polar surface area (TPSA) is 86.2 Å². The van der Waals surface area contributed by atoms with Crippen LogP contribution in [0.3, 0.4) is 0 Å². The van der Waals surface area contributed by atoms with Gasteiger partial charge in [-0.05, 0) is 11.6 Å². The maximum Gasteiger partial charge on any atom is 0.248 e. The van der Waals surface area contributed by atoms with E-state index >= 15 is 0 Å². The zero-order valence-corrected chi connectivity index (χ0v) is 7.04. The van der Waals surface area contributed by atoms with E-state index in [4.69, 9.17) is 11.5 Å². The first-order valence-electron chi connectivity index (χ1n) is 3.71. The molecule has 0 fully saturated rings. The Labute approximate surface area is 75.6 Å². The lowest BCUT2D eigenvalue weighted by molar-refractivity contribution is -0.115. The molecule has 1 rings (SSSR count). The summed E-state index contributed by atoms with van der Waals surface area (Å²) in [6.07, 6.45) is 3.26. The van der Waals surface area contributed by atoms with Crippen LogP contribution in [0.15, 0.2) is 35.5 Å². The molecule has 1 aliphatic carbocycles. The third kappa shape index (κ3) is 1.84. The van der Waals surface area contributed by atoms with Crippen LogP contribution in [0.5, 0.6) is 0 Å². The second-order valence-corrected chi connectivity index (χ2v) is 2.78. The van der Waals surface area contributed by atoms with Crippen LogP contribution in [0.1, 0.15) is 6.42 Å². The fourth-order valence-corrected chi connectivity index (χ4v) is 1.11. The summed E-state index contributed by atoms with van der Waals surface area (Å²) >= 11 is 0. The maximum absolute atomic E-state index is 10.8. The van der Waals surface area contributed by atoms with Crippen LogP contribution in [0.2, 0.25) is 0 Å². The molecule has 1 aliphatic rings. The van der Waals surface area contributed by atoms with Crippen molar-refractivity contribution < 1.29 is 9.59 Å². The highest BCUT2D eigenvalue weighted by molar-refractivity contribution is 6.00. The molecule has 0 aromatic carbocycles. The van der Waals surface area contributed by atoms with Crippen LogP contribution in [-0.2, 0) is 9.59 Å². The Hall–Kier alpha value is -1.84. The highest BCUT2D eigenvalue weighted by Crippen LogP contribution is 2.22. The van der Waals surface area contributed by atoms with Crippen LogP contribution < -0.4 is 11.5 Å². The van der Waals surface area contributed by atoms with Crippen molar-refractivity contribution in [1.82, 2.24) is 0 Å². The molecule has 0 atom stereocenters. The van der Waals surface area contributed by atoms with Crippen LogP contribution >= 0.6 is 0 Å². The summed E-state index contributed by atoms with van der Waals surface area (Å²) in [6, 6.07) is 0. The monoisotopic (exact) mass is 178 g/mol. The normalized spacial score (nSPS) is 16.2. The molecule has 0 saturated carbocycles. The van der Waals surface area contributed by atoms with E-state index in [2.05, 4.69) is 6.58 Å². The second kappa shape index (κ2) is 3.26. The highest BCUT2D eigenvalue weighted by atomic mass is 16.1. The number of amides is 2. The molecule has 4 N–H and O–H groups in total. The van der Waals surface area contributed by atoms with Crippen LogP contribution in [0.4, 0.5) is 0 Å². The lowest BCUT2D eigenvalue weighted by Crippen LogP contribution is -2.20. The molecular formula is C9H10N2O2.